The van der Waals surface area contributed by atoms with Crippen LogP contribution in [0.3, 0.4) is 0 Å². The zero-order chi connectivity index (χ0) is 16.5. The van der Waals surface area contributed by atoms with Crippen molar-refractivity contribution in [2.75, 3.05) is 0 Å². The molecular formula is C19H28N2O. The van der Waals surface area contributed by atoms with E-state index in [1.54, 1.807) is 6.92 Å². The maximum Gasteiger partial charge on any atom is 0.181 e. The molecule has 0 N–H and O–H groups in total. The van der Waals surface area contributed by atoms with E-state index >= 15 is 0 Å². The molecule has 1 aromatic carbocycles. The van der Waals surface area contributed by atoms with Crippen LogP contribution in [0.25, 0.3) is 0 Å². The Balaban J connectivity index is 2.85. The molecular weight excluding hydrogens is 272 g/mol. The Bertz CT molecular complexity index is 541. The van der Waals surface area contributed by atoms with Gasteiger partial charge in [0.25, 0.3) is 0 Å². The summed E-state index contributed by atoms with van der Waals surface area (Å²) < 4.78 is 0. The summed E-state index contributed by atoms with van der Waals surface area (Å²) in [6.07, 6.45) is 3.56. The first-order valence-electron chi connectivity index (χ1n) is 8.17. The van der Waals surface area contributed by atoms with Gasteiger partial charge >= 0.3 is 0 Å². The Morgan fingerprint density at radius 1 is 1.14 bits per heavy atom. The van der Waals surface area contributed by atoms with Crippen molar-refractivity contribution in [1.29, 1.82) is 0 Å². The summed E-state index contributed by atoms with van der Waals surface area (Å²) in [5.41, 5.74) is 4.03. The Labute approximate surface area is 134 Å². The van der Waals surface area contributed by atoms with Crippen LogP contribution in [0.5, 0.6) is 0 Å². The minimum absolute atomic E-state index is 0.0191. The second kappa shape index (κ2) is 9.29. The summed E-state index contributed by atoms with van der Waals surface area (Å²) in [5, 5.41) is 8.53. The molecule has 1 unspecified atom stereocenters. The standard InChI is InChI=1S/C19H28N2O/c1-6-8-18(13-17-11-9-14(3)10-12-17)21-20-16(5)19(22)15(4)7-2/h9-12,15H,6-8,13H2,1-5H3/b20-16+,21-18+. The zero-order valence-electron chi connectivity index (χ0n) is 14.5. The highest BCUT2D eigenvalue weighted by molar-refractivity contribution is 6.39. The van der Waals surface area contributed by atoms with E-state index in [4.69, 9.17) is 0 Å². The Hall–Kier alpha value is -1.77. The van der Waals surface area contributed by atoms with Crippen LogP contribution in [-0.4, -0.2) is 17.2 Å². The Morgan fingerprint density at radius 2 is 1.77 bits per heavy atom. The van der Waals surface area contributed by atoms with Crippen molar-refractivity contribution in [3.8, 4) is 0 Å². The van der Waals surface area contributed by atoms with E-state index in [2.05, 4.69) is 48.3 Å². The summed E-state index contributed by atoms with van der Waals surface area (Å²) in [4.78, 5) is 12.0. The molecule has 0 aliphatic rings. The number of benzene rings is 1. The van der Waals surface area contributed by atoms with Crippen molar-refractivity contribution in [3.05, 3.63) is 35.4 Å². The summed E-state index contributed by atoms with van der Waals surface area (Å²) in [5.74, 6) is 0.114. The first-order valence-corrected chi connectivity index (χ1v) is 8.17. The molecule has 0 heterocycles. The second-order valence-electron chi connectivity index (χ2n) is 5.94. The summed E-state index contributed by atoms with van der Waals surface area (Å²) in [6, 6.07) is 8.47. The van der Waals surface area contributed by atoms with Crippen molar-refractivity contribution in [3.63, 3.8) is 0 Å². The van der Waals surface area contributed by atoms with Gasteiger partial charge < -0.3 is 0 Å². The maximum absolute atomic E-state index is 12.0. The molecule has 0 aliphatic heterocycles. The maximum atomic E-state index is 12.0. The number of carbonyl (C=O) groups is 1. The third-order valence-electron chi connectivity index (χ3n) is 3.83. The van der Waals surface area contributed by atoms with Gasteiger partial charge in [-0.05, 0) is 32.3 Å². The first-order chi connectivity index (χ1) is 10.5. The number of aryl methyl sites for hydroxylation is 1. The summed E-state index contributed by atoms with van der Waals surface area (Å²) >= 11 is 0. The average Bonchev–Trinajstić information content (AvgIpc) is 2.53. The van der Waals surface area contributed by atoms with Crippen molar-refractivity contribution >= 4 is 17.2 Å². The van der Waals surface area contributed by atoms with Crippen LogP contribution in [0.4, 0.5) is 0 Å². The number of Topliss-reactive ketones (excluding diaryl/α,β-unsaturated/α-hetero) is 1. The number of ketones is 1. The monoisotopic (exact) mass is 300 g/mol. The SMILES string of the molecule is CCC/C(Cc1ccc(C)cc1)=N\N=C(/C)C(=O)C(C)CC. The number of hydrogen-bond donors (Lipinski definition) is 0. The van der Waals surface area contributed by atoms with Gasteiger partial charge in [0, 0.05) is 18.1 Å². The van der Waals surface area contributed by atoms with Crippen LogP contribution in [0.2, 0.25) is 0 Å². The predicted molar refractivity (Wildman–Crippen MR) is 94.8 cm³/mol. The summed E-state index contributed by atoms with van der Waals surface area (Å²) in [6.45, 7) is 9.92. The van der Waals surface area contributed by atoms with Gasteiger partial charge in [-0.1, -0.05) is 57.0 Å². The van der Waals surface area contributed by atoms with Crippen LogP contribution >= 0.6 is 0 Å². The van der Waals surface area contributed by atoms with Gasteiger partial charge in [-0.3, -0.25) is 4.79 Å². The van der Waals surface area contributed by atoms with Gasteiger partial charge in [-0.25, -0.2) is 0 Å². The molecule has 0 aliphatic carbocycles. The highest BCUT2D eigenvalue weighted by Gasteiger charge is 2.13. The molecule has 0 amide bonds. The molecule has 1 atom stereocenters. The van der Waals surface area contributed by atoms with Gasteiger partial charge in [0.2, 0.25) is 0 Å². The van der Waals surface area contributed by atoms with Gasteiger partial charge in [0.1, 0.15) is 5.71 Å². The lowest BCUT2D eigenvalue weighted by Crippen LogP contribution is -2.18. The number of rotatable bonds is 8. The minimum Gasteiger partial charge on any atom is -0.292 e. The van der Waals surface area contributed by atoms with E-state index in [-0.39, 0.29) is 11.7 Å². The highest BCUT2D eigenvalue weighted by atomic mass is 16.1. The predicted octanol–water partition coefficient (Wildman–Crippen LogP) is 4.77. The topological polar surface area (TPSA) is 41.8 Å². The third-order valence-corrected chi connectivity index (χ3v) is 3.83. The Morgan fingerprint density at radius 3 is 2.32 bits per heavy atom. The fourth-order valence-electron chi connectivity index (χ4n) is 2.14. The van der Waals surface area contributed by atoms with Crippen molar-refractivity contribution in [2.45, 2.75) is 60.3 Å². The molecule has 3 nitrogen and oxygen atoms in total. The molecule has 0 saturated carbocycles. The van der Waals surface area contributed by atoms with Crippen LogP contribution in [0.1, 0.15) is 58.1 Å². The lowest BCUT2D eigenvalue weighted by atomic mass is 10.0. The molecule has 0 bridgehead atoms. The molecule has 22 heavy (non-hydrogen) atoms. The van der Waals surface area contributed by atoms with E-state index < -0.39 is 0 Å². The van der Waals surface area contributed by atoms with Crippen molar-refractivity contribution in [2.24, 2.45) is 16.1 Å². The van der Waals surface area contributed by atoms with Crippen molar-refractivity contribution in [1.82, 2.24) is 0 Å². The fraction of sp³-hybridized carbons (Fsp3) is 0.526. The molecule has 0 aromatic heterocycles. The molecule has 0 fully saturated rings. The molecule has 0 spiro atoms. The Kier molecular flexibility index (Phi) is 7.72. The lowest BCUT2D eigenvalue weighted by molar-refractivity contribution is -0.116. The molecule has 1 aromatic rings. The van der Waals surface area contributed by atoms with Crippen LogP contribution in [-0.2, 0) is 11.2 Å². The normalized spacial score (nSPS) is 14.0. The molecule has 0 saturated heterocycles. The molecule has 1 rings (SSSR count). The van der Waals surface area contributed by atoms with Crippen molar-refractivity contribution < 1.29 is 4.79 Å². The van der Waals surface area contributed by atoms with Crippen LogP contribution in [0, 0.1) is 12.8 Å². The second-order valence-corrected chi connectivity index (χ2v) is 5.94. The molecule has 120 valence electrons. The first kappa shape index (κ1) is 18.3. The fourth-order valence-corrected chi connectivity index (χ4v) is 2.14. The zero-order valence-corrected chi connectivity index (χ0v) is 14.5. The largest absolute Gasteiger partial charge is 0.292 e. The summed E-state index contributed by atoms with van der Waals surface area (Å²) in [7, 11) is 0. The van der Waals surface area contributed by atoms with Gasteiger partial charge in [-0.15, -0.1) is 0 Å². The van der Waals surface area contributed by atoms with E-state index in [0.29, 0.717) is 5.71 Å². The quantitative estimate of drug-likeness (QED) is 0.503. The number of nitrogens with zero attached hydrogens (tertiary/aromatic N) is 2. The highest BCUT2D eigenvalue weighted by Crippen LogP contribution is 2.09. The van der Waals surface area contributed by atoms with Gasteiger partial charge in [-0.2, -0.15) is 10.2 Å². The third kappa shape index (κ3) is 5.92. The van der Waals surface area contributed by atoms with Crippen LogP contribution in [0.15, 0.2) is 34.5 Å². The molecule has 0 radical (unpaired) electrons. The average molecular weight is 300 g/mol. The smallest absolute Gasteiger partial charge is 0.181 e. The van der Waals surface area contributed by atoms with Gasteiger partial charge in [0.05, 0.1) is 0 Å². The number of carbonyl (C=O) groups excluding carboxylic acids is 1. The minimum atomic E-state index is 0.0191. The van der Waals surface area contributed by atoms with E-state index in [1.807, 2.05) is 13.8 Å². The van der Waals surface area contributed by atoms with Gasteiger partial charge in [0.15, 0.2) is 5.78 Å². The van der Waals surface area contributed by atoms with E-state index in [0.717, 1.165) is 31.4 Å². The van der Waals surface area contributed by atoms with E-state index in [9.17, 15) is 4.79 Å². The van der Waals surface area contributed by atoms with Crippen LogP contribution < -0.4 is 0 Å². The lowest BCUT2D eigenvalue weighted by Gasteiger charge is -2.07. The number of hydrogen-bond acceptors (Lipinski definition) is 3. The molecule has 3 heteroatoms. The van der Waals surface area contributed by atoms with E-state index in [1.165, 1.54) is 11.1 Å².